The zero-order chi connectivity index (χ0) is 16.7. The fourth-order valence-electron chi connectivity index (χ4n) is 2.62. The third-order valence-electron chi connectivity index (χ3n) is 4.15. The van der Waals surface area contributed by atoms with Crippen LogP contribution in [0.5, 0.6) is 0 Å². The number of Topliss-reactive ketones (excluding diaryl/α,β-unsaturated/α-hetero) is 1. The summed E-state index contributed by atoms with van der Waals surface area (Å²) in [5, 5.41) is 0. The van der Waals surface area contributed by atoms with Crippen molar-refractivity contribution in [2.45, 2.75) is 26.2 Å². The van der Waals surface area contributed by atoms with Crippen molar-refractivity contribution in [1.29, 1.82) is 0 Å². The Morgan fingerprint density at radius 3 is 2.09 bits per heavy atom. The number of ketones is 1. The molecule has 1 atom stereocenters. The van der Waals surface area contributed by atoms with E-state index in [2.05, 4.69) is 0 Å². The monoisotopic (exact) mass is 309 g/mol. The number of para-hydroxylation sites is 1. The first-order chi connectivity index (χ1) is 11.1. The predicted octanol–water partition coefficient (Wildman–Crippen LogP) is 4.34. The van der Waals surface area contributed by atoms with Gasteiger partial charge in [0.15, 0.2) is 5.78 Å². The van der Waals surface area contributed by atoms with Crippen molar-refractivity contribution in [3.63, 3.8) is 0 Å². The van der Waals surface area contributed by atoms with Crippen LogP contribution in [0.1, 0.15) is 36.5 Å². The second kappa shape index (κ2) is 8.28. The molecule has 3 nitrogen and oxygen atoms in total. The molecule has 0 radical (unpaired) electrons. The van der Waals surface area contributed by atoms with E-state index in [1.54, 1.807) is 11.9 Å². The molecule has 0 aromatic heterocycles. The molecule has 0 heterocycles. The van der Waals surface area contributed by atoms with Crippen molar-refractivity contribution in [3.8, 4) is 0 Å². The molecule has 23 heavy (non-hydrogen) atoms. The van der Waals surface area contributed by atoms with Crippen molar-refractivity contribution < 1.29 is 9.59 Å². The number of rotatable bonds is 7. The van der Waals surface area contributed by atoms with Gasteiger partial charge in [-0.3, -0.25) is 9.59 Å². The number of amides is 1. The van der Waals surface area contributed by atoms with E-state index in [0.29, 0.717) is 12.8 Å². The van der Waals surface area contributed by atoms with Gasteiger partial charge in [0.05, 0.1) is 0 Å². The molecule has 2 aromatic carbocycles. The molecule has 0 fully saturated rings. The van der Waals surface area contributed by atoms with Crippen LogP contribution in [-0.4, -0.2) is 18.7 Å². The maximum atomic E-state index is 12.5. The van der Waals surface area contributed by atoms with Crippen LogP contribution in [0.25, 0.3) is 0 Å². The number of nitrogens with zero attached hydrogens (tertiary/aromatic N) is 1. The van der Waals surface area contributed by atoms with Gasteiger partial charge in [0.2, 0.25) is 5.91 Å². The number of hydrogen-bond donors (Lipinski definition) is 0. The Balaban J connectivity index is 1.95. The third-order valence-corrected chi connectivity index (χ3v) is 4.15. The van der Waals surface area contributed by atoms with Gasteiger partial charge in [-0.05, 0) is 25.0 Å². The van der Waals surface area contributed by atoms with Crippen molar-refractivity contribution in [2.75, 3.05) is 11.9 Å². The van der Waals surface area contributed by atoms with Crippen LogP contribution in [0.3, 0.4) is 0 Å². The molecule has 0 bridgehead atoms. The first kappa shape index (κ1) is 16.9. The summed E-state index contributed by atoms with van der Waals surface area (Å²) in [6.45, 7) is 2.00. The number of hydrogen-bond acceptors (Lipinski definition) is 2. The molecule has 2 aromatic rings. The van der Waals surface area contributed by atoms with E-state index in [9.17, 15) is 9.59 Å². The van der Waals surface area contributed by atoms with Gasteiger partial charge in [-0.1, -0.05) is 55.5 Å². The Kier molecular flexibility index (Phi) is 6.10. The highest BCUT2D eigenvalue weighted by molar-refractivity contribution is 5.98. The van der Waals surface area contributed by atoms with Gasteiger partial charge in [0.1, 0.15) is 0 Å². The zero-order valence-electron chi connectivity index (χ0n) is 13.7. The van der Waals surface area contributed by atoms with Gasteiger partial charge >= 0.3 is 0 Å². The normalized spacial score (nSPS) is 11.7. The Hall–Kier alpha value is -2.42. The summed E-state index contributed by atoms with van der Waals surface area (Å²) < 4.78 is 0. The molecular formula is C20H23NO2. The van der Waals surface area contributed by atoms with Gasteiger partial charge in [-0.2, -0.15) is 0 Å². The Morgan fingerprint density at radius 2 is 1.52 bits per heavy atom. The predicted molar refractivity (Wildman–Crippen MR) is 93.6 cm³/mol. The molecule has 0 aliphatic rings. The summed E-state index contributed by atoms with van der Waals surface area (Å²) in [6.07, 6.45) is 1.71. The summed E-state index contributed by atoms with van der Waals surface area (Å²) in [7, 11) is 1.78. The molecule has 120 valence electrons. The second-order valence-electron chi connectivity index (χ2n) is 5.66. The Labute approximate surface area is 137 Å². The lowest BCUT2D eigenvalue weighted by Crippen LogP contribution is -2.27. The maximum absolute atomic E-state index is 12.5. The number of benzene rings is 2. The first-order valence-electron chi connectivity index (χ1n) is 8.04. The van der Waals surface area contributed by atoms with Crippen molar-refractivity contribution >= 4 is 17.4 Å². The van der Waals surface area contributed by atoms with Crippen LogP contribution in [0.4, 0.5) is 5.69 Å². The van der Waals surface area contributed by atoms with E-state index < -0.39 is 0 Å². The van der Waals surface area contributed by atoms with Gasteiger partial charge in [0, 0.05) is 30.6 Å². The van der Waals surface area contributed by atoms with Gasteiger partial charge in [-0.25, -0.2) is 0 Å². The molecule has 0 saturated heterocycles. The minimum Gasteiger partial charge on any atom is -0.316 e. The molecule has 0 unspecified atom stereocenters. The topological polar surface area (TPSA) is 37.4 Å². The molecule has 0 saturated carbocycles. The van der Waals surface area contributed by atoms with E-state index in [0.717, 1.165) is 17.7 Å². The zero-order valence-corrected chi connectivity index (χ0v) is 13.7. The maximum Gasteiger partial charge on any atom is 0.226 e. The van der Waals surface area contributed by atoms with Gasteiger partial charge in [-0.15, -0.1) is 0 Å². The smallest absolute Gasteiger partial charge is 0.226 e. The van der Waals surface area contributed by atoms with E-state index in [-0.39, 0.29) is 17.6 Å². The Bertz CT molecular complexity index is 637. The van der Waals surface area contributed by atoms with Crippen molar-refractivity contribution in [1.82, 2.24) is 0 Å². The first-order valence-corrected chi connectivity index (χ1v) is 8.04. The summed E-state index contributed by atoms with van der Waals surface area (Å²) in [6, 6.07) is 18.9. The summed E-state index contributed by atoms with van der Waals surface area (Å²) in [5.74, 6) is 0.0595. The minimum atomic E-state index is -0.106. The second-order valence-corrected chi connectivity index (χ2v) is 5.66. The van der Waals surface area contributed by atoms with Crippen LogP contribution in [0.2, 0.25) is 0 Å². The van der Waals surface area contributed by atoms with E-state index in [1.807, 2.05) is 67.6 Å². The van der Waals surface area contributed by atoms with Crippen molar-refractivity contribution in [3.05, 3.63) is 66.2 Å². The van der Waals surface area contributed by atoms with E-state index >= 15 is 0 Å². The third kappa shape index (κ3) is 4.52. The standard InChI is InChI=1S/C20H23NO2/c1-3-16(20(23)17-10-6-4-7-11-17)14-15-19(22)21(2)18-12-8-5-9-13-18/h4-13,16H,3,14-15H2,1-2H3/t16-/m0/s1. The van der Waals surface area contributed by atoms with Crippen LogP contribution in [0.15, 0.2) is 60.7 Å². The fourth-order valence-corrected chi connectivity index (χ4v) is 2.62. The Morgan fingerprint density at radius 1 is 0.957 bits per heavy atom. The molecule has 0 aliphatic heterocycles. The highest BCUT2D eigenvalue weighted by Crippen LogP contribution is 2.20. The number of carbonyl (C=O) groups excluding carboxylic acids is 2. The van der Waals surface area contributed by atoms with Crippen LogP contribution in [-0.2, 0) is 4.79 Å². The molecule has 0 aliphatic carbocycles. The molecular weight excluding hydrogens is 286 g/mol. The lowest BCUT2D eigenvalue weighted by atomic mass is 9.91. The van der Waals surface area contributed by atoms with Crippen LogP contribution in [0, 0.1) is 5.92 Å². The lowest BCUT2D eigenvalue weighted by Gasteiger charge is -2.19. The average Bonchev–Trinajstić information content (AvgIpc) is 2.62. The fraction of sp³-hybridized carbons (Fsp3) is 0.300. The molecule has 3 heteroatoms. The largest absolute Gasteiger partial charge is 0.316 e. The summed E-state index contributed by atoms with van der Waals surface area (Å²) in [4.78, 5) is 26.5. The summed E-state index contributed by atoms with van der Waals surface area (Å²) in [5.41, 5.74) is 1.60. The molecule has 0 spiro atoms. The quantitative estimate of drug-likeness (QED) is 0.714. The minimum absolute atomic E-state index is 0.0375. The lowest BCUT2D eigenvalue weighted by molar-refractivity contribution is -0.118. The van der Waals surface area contributed by atoms with Crippen LogP contribution >= 0.6 is 0 Å². The molecule has 0 N–H and O–H groups in total. The van der Waals surface area contributed by atoms with E-state index in [1.165, 1.54) is 0 Å². The summed E-state index contributed by atoms with van der Waals surface area (Å²) >= 11 is 0. The van der Waals surface area contributed by atoms with Gasteiger partial charge in [0.25, 0.3) is 0 Å². The van der Waals surface area contributed by atoms with Gasteiger partial charge < -0.3 is 4.90 Å². The highest BCUT2D eigenvalue weighted by atomic mass is 16.2. The molecule has 2 rings (SSSR count). The average molecular weight is 309 g/mol. The van der Waals surface area contributed by atoms with E-state index in [4.69, 9.17) is 0 Å². The van der Waals surface area contributed by atoms with Crippen LogP contribution < -0.4 is 4.90 Å². The number of anilines is 1. The SMILES string of the molecule is CC[C@@H](CCC(=O)N(C)c1ccccc1)C(=O)c1ccccc1. The highest BCUT2D eigenvalue weighted by Gasteiger charge is 2.20. The van der Waals surface area contributed by atoms with Crippen molar-refractivity contribution in [2.24, 2.45) is 5.92 Å². The molecule has 1 amide bonds. The number of carbonyl (C=O) groups is 2.